The molecule has 0 nitrogen and oxygen atoms in total. The molecule has 0 atom stereocenters. The van der Waals surface area contributed by atoms with Gasteiger partial charge in [0, 0.05) is 15.6 Å². The van der Waals surface area contributed by atoms with Gasteiger partial charge in [-0.1, -0.05) is 49.4 Å². The van der Waals surface area contributed by atoms with Crippen molar-refractivity contribution in [3.05, 3.63) is 48.3 Å². The third-order valence-electron chi connectivity index (χ3n) is 1.74. The summed E-state index contributed by atoms with van der Waals surface area (Å²) in [6.45, 7) is 2.19. The third kappa shape index (κ3) is 2.67. The molecule has 0 aromatic heterocycles. The summed E-state index contributed by atoms with van der Waals surface area (Å²) in [7, 11) is 1.37. The quantitative estimate of drug-likeness (QED) is 0.581. The summed E-state index contributed by atoms with van der Waals surface area (Å²) in [5.41, 5.74) is 0. The van der Waals surface area contributed by atoms with Gasteiger partial charge in [0.15, 0.2) is 0 Å². The Balaban J connectivity index is 0.000000293. The van der Waals surface area contributed by atoms with Crippen LogP contribution in [0.15, 0.2) is 42.5 Å². The van der Waals surface area contributed by atoms with Gasteiger partial charge in [0.25, 0.3) is 0 Å². The minimum absolute atomic E-state index is 0.150. The van der Waals surface area contributed by atoms with Crippen LogP contribution in [0.1, 0.15) is 6.92 Å². The van der Waals surface area contributed by atoms with Crippen molar-refractivity contribution < 1.29 is 4.39 Å². The standard InChI is InChI=1S/C10H7F.C2H8Si/c11-10-7-3-5-8-4-1-2-6-9(8)10;1-2-3/h1-7H;2H2,1,3H3. The van der Waals surface area contributed by atoms with Crippen LogP contribution in [0.4, 0.5) is 4.39 Å². The third-order valence-corrected chi connectivity index (χ3v) is 1.74. The summed E-state index contributed by atoms with van der Waals surface area (Å²) in [4.78, 5) is 0. The average Bonchev–Trinajstić information content (AvgIpc) is 2.20. The SMILES string of the molecule is CC[SiH3].Fc1cccc2ccccc12. The van der Waals surface area contributed by atoms with Crippen LogP contribution in [0.2, 0.25) is 6.04 Å². The van der Waals surface area contributed by atoms with Gasteiger partial charge in [0.2, 0.25) is 0 Å². The first-order chi connectivity index (χ1) is 6.79. The van der Waals surface area contributed by atoms with Crippen LogP contribution in [0.3, 0.4) is 0 Å². The van der Waals surface area contributed by atoms with Crippen LogP contribution in [0.25, 0.3) is 10.8 Å². The monoisotopic (exact) mass is 206 g/mol. The van der Waals surface area contributed by atoms with Crippen molar-refractivity contribution in [2.75, 3.05) is 0 Å². The fourth-order valence-corrected chi connectivity index (χ4v) is 1.19. The lowest BCUT2D eigenvalue weighted by molar-refractivity contribution is 0.640. The highest BCUT2D eigenvalue weighted by Gasteiger charge is 1.95. The molecule has 2 aromatic carbocycles. The van der Waals surface area contributed by atoms with Gasteiger partial charge in [0.05, 0.1) is 0 Å². The predicted octanol–water partition coefficient (Wildman–Crippen LogP) is 2.77. The van der Waals surface area contributed by atoms with Crippen molar-refractivity contribution in [3.8, 4) is 0 Å². The Morgan fingerprint density at radius 2 is 1.64 bits per heavy atom. The molecule has 0 unspecified atom stereocenters. The first kappa shape index (κ1) is 10.9. The first-order valence-corrected chi connectivity index (χ1v) is 6.34. The molecule has 0 radical (unpaired) electrons. The molecule has 0 spiro atoms. The Morgan fingerprint density at radius 3 is 2.29 bits per heavy atom. The maximum atomic E-state index is 13.0. The molecule has 14 heavy (non-hydrogen) atoms. The van der Waals surface area contributed by atoms with Crippen LogP contribution in [-0.2, 0) is 0 Å². The Labute approximate surface area is 87.2 Å². The van der Waals surface area contributed by atoms with Crippen molar-refractivity contribution in [2.24, 2.45) is 0 Å². The molecule has 2 rings (SSSR count). The predicted molar refractivity (Wildman–Crippen MR) is 64.3 cm³/mol. The fraction of sp³-hybridized carbons (Fsp3) is 0.167. The number of hydrogen-bond acceptors (Lipinski definition) is 0. The fourth-order valence-electron chi connectivity index (χ4n) is 1.19. The Bertz CT molecular complexity index is 393. The summed E-state index contributed by atoms with van der Waals surface area (Å²) in [6, 6.07) is 13.9. The van der Waals surface area contributed by atoms with Crippen molar-refractivity contribution in [3.63, 3.8) is 0 Å². The number of fused-ring (bicyclic) bond motifs is 1. The second kappa shape index (κ2) is 5.55. The molecule has 0 heterocycles. The smallest absolute Gasteiger partial charge is 0.131 e. The van der Waals surface area contributed by atoms with E-state index in [4.69, 9.17) is 0 Å². The lowest BCUT2D eigenvalue weighted by Gasteiger charge is -1.95. The van der Waals surface area contributed by atoms with Gasteiger partial charge in [-0.2, -0.15) is 0 Å². The van der Waals surface area contributed by atoms with E-state index in [0.717, 1.165) is 5.39 Å². The molecule has 0 aliphatic heterocycles. The lowest BCUT2D eigenvalue weighted by atomic mass is 10.1. The van der Waals surface area contributed by atoms with Crippen LogP contribution < -0.4 is 0 Å². The molecule has 0 bridgehead atoms. The van der Waals surface area contributed by atoms with Crippen molar-refractivity contribution in [2.45, 2.75) is 13.0 Å². The minimum Gasteiger partial charge on any atom is -0.206 e. The first-order valence-electron chi connectivity index (χ1n) is 4.92. The van der Waals surface area contributed by atoms with E-state index >= 15 is 0 Å². The van der Waals surface area contributed by atoms with Crippen LogP contribution in [0, 0.1) is 5.82 Å². The van der Waals surface area contributed by atoms with Crippen molar-refractivity contribution in [1.29, 1.82) is 0 Å². The molecule has 0 aliphatic rings. The topological polar surface area (TPSA) is 0 Å². The maximum absolute atomic E-state index is 13.0. The Kier molecular flexibility index (Phi) is 4.33. The molecule has 74 valence electrons. The van der Waals surface area contributed by atoms with Gasteiger partial charge < -0.3 is 0 Å². The zero-order chi connectivity index (χ0) is 10.4. The van der Waals surface area contributed by atoms with E-state index < -0.39 is 0 Å². The molecule has 2 heteroatoms. The highest BCUT2D eigenvalue weighted by atomic mass is 28.1. The molecule has 0 amide bonds. The molecule has 0 saturated carbocycles. The van der Waals surface area contributed by atoms with E-state index in [0.29, 0.717) is 5.39 Å². The van der Waals surface area contributed by atoms with E-state index in [1.165, 1.54) is 22.4 Å². The number of rotatable bonds is 0. The Morgan fingerprint density at radius 1 is 1.07 bits per heavy atom. The average molecular weight is 206 g/mol. The molecule has 0 aliphatic carbocycles. The van der Waals surface area contributed by atoms with Gasteiger partial charge in [0.1, 0.15) is 5.82 Å². The molecule has 0 fully saturated rings. The number of hydrogen-bond donors (Lipinski definition) is 0. The van der Waals surface area contributed by atoms with E-state index in [1.54, 1.807) is 12.1 Å². The van der Waals surface area contributed by atoms with Crippen LogP contribution in [-0.4, -0.2) is 10.2 Å². The molecular formula is C12H15FSi. The summed E-state index contributed by atoms with van der Waals surface area (Å²) in [5, 5.41) is 1.64. The Hall–Kier alpha value is -1.15. The normalized spacial score (nSPS) is 9.57. The second-order valence-corrected chi connectivity index (χ2v) is 4.58. The highest BCUT2D eigenvalue weighted by molar-refractivity contribution is 6.08. The zero-order valence-electron chi connectivity index (χ0n) is 8.63. The van der Waals surface area contributed by atoms with Crippen molar-refractivity contribution in [1.82, 2.24) is 0 Å². The molecule has 0 saturated heterocycles. The minimum atomic E-state index is -0.150. The summed E-state index contributed by atoms with van der Waals surface area (Å²) >= 11 is 0. The summed E-state index contributed by atoms with van der Waals surface area (Å²) in [5.74, 6) is -0.150. The molecule has 0 N–H and O–H groups in total. The number of halogens is 1. The highest BCUT2D eigenvalue weighted by Crippen LogP contribution is 2.15. The summed E-state index contributed by atoms with van der Waals surface area (Å²) < 4.78 is 13.0. The van der Waals surface area contributed by atoms with E-state index in [9.17, 15) is 4.39 Å². The van der Waals surface area contributed by atoms with Gasteiger partial charge >= 0.3 is 0 Å². The maximum Gasteiger partial charge on any atom is 0.131 e. The number of benzene rings is 2. The largest absolute Gasteiger partial charge is 0.206 e. The van der Waals surface area contributed by atoms with Crippen LogP contribution in [0.5, 0.6) is 0 Å². The van der Waals surface area contributed by atoms with Crippen LogP contribution >= 0.6 is 0 Å². The molecule has 2 aromatic rings. The van der Waals surface area contributed by atoms with E-state index in [-0.39, 0.29) is 5.82 Å². The van der Waals surface area contributed by atoms with Gasteiger partial charge in [-0.15, -0.1) is 0 Å². The van der Waals surface area contributed by atoms with Gasteiger partial charge in [-0.25, -0.2) is 4.39 Å². The molecular weight excluding hydrogens is 191 g/mol. The zero-order valence-corrected chi connectivity index (χ0v) is 10.6. The van der Waals surface area contributed by atoms with E-state index in [1.807, 2.05) is 24.3 Å². The van der Waals surface area contributed by atoms with Crippen molar-refractivity contribution >= 4 is 21.0 Å². The lowest BCUT2D eigenvalue weighted by Crippen LogP contribution is -1.76. The van der Waals surface area contributed by atoms with Gasteiger partial charge in [-0.3, -0.25) is 0 Å². The summed E-state index contributed by atoms with van der Waals surface area (Å²) in [6.07, 6.45) is 0. The second-order valence-electron chi connectivity index (χ2n) is 3.17. The van der Waals surface area contributed by atoms with Gasteiger partial charge in [-0.05, 0) is 11.5 Å². The van der Waals surface area contributed by atoms with E-state index in [2.05, 4.69) is 6.92 Å².